The summed E-state index contributed by atoms with van der Waals surface area (Å²) in [6.07, 6.45) is 0. The molecule has 1 nitrogen and oxygen atoms in total. The number of hydrogen-bond acceptors (Lipinski definition) is 0. The van der Waals surface area contributed by atoms with Gasteiger partial charge in [-0.2, -0.15) is 0 Å². The molecule has 0 saturated carbocycles. The molecule has 51 heavy (non-hydrogen) atoms. The molecule has 0 spiro atoms. The number of para-hydroxylation sites is 2. The molecule has 10 aromatic rings. The van der Waals surface area contributed by atoms with Crippen molar-refractivity contribution in [1.29, 1.82) is 0 Å². The van der Waals surface area contributed by atoms with Crippen molar-refractivity contribution >= 4 is 43.4 Å². The molecule has 0 radical (unpaired) electrons. The monoisotopic (exact) mass is 647 g/mol. The molecule has 0 N–H and O–H groups in total. The molecule has 0 aliphatic carbocycles. The Labute approximate surface area is 297 Å². The molecule has 0 amide bonds. The first-order chi connectivity index (χ1) is 25.4. The van der Waals surface area contributed by atoms with E-state index in [-0.39, 0.29) is 0 Å². The predicted octanol–water partition coefficient (Wildman–Crippen LogP) is 13.8. The van der Waals surface area contributed by atoms with Crippen LogP contribution in [0.15, 0.2) is 200 Å². The Morgan fingerprint density at radius 2 is 0.686 bits per heavy atom. The molecule has 0 aliphatic heterocycles. The first kappa shape index (κ1) is 29.2. The largest absolute Gasteiger partial charge is 0.309 e. The second-order valence-electron chi connectivity index (χ2n) is 13.2. The Kier molecular flexibility index (Phi) is 6.89. The molecule has 0 unspecified atom stereocenters. The lowest BCUT2D eigenvalue weighted by Crippen LogP contribution is -1.98. The van der Waals surface area contributed by atoms with Gasteiger partial charge in [-0.15, -0.1) is 0 Å². The van der Waals surface area contributed by atoms with Crippen molar-refractivity contribution in [2.24, 2.45) is 0 Å². The molecule has 10 rings (SSSR count). The van der Waals surface area contributed by atoms with Crippen LogP contribution in [0.25, 0.3) is 93.5 Å². The van der Waals surface area contributed by atoms with E-state index in [4.69, 9.17) is 0 Å². The first-order valence-electron chi connectivity index (χ1n) is 17.6. The Hall–Kier alpha value is -6.70. The number of nitrogens with zero attached hydrogens (tertiary/aromatic N) is 1. The number of fused-ring (bicyclic) bond motifs is 5. The van der Waals surface area contributed by atoms with E-state index in [0.29, 0.717) is 0 Å². The summed E-state index contributed by atoms with van der Waals surface area (Å²) in [6, 6.07) is 73.0. The third kappa shape index (κ3) is 4.63. The summed E-state index contributed by atoms with van der Waals surface area (Å²) in [5, 5.41) is 7.50. The summed E-state index contributed by atoms with van der Waals surface area (Å²) in [4.78, 5) is 0. The average molecular weight is 648 g/mol. The van der Waals surface area contributed by atoms with Gasteiger partial charge in [0.2, 0.25) is 0 Å². The van der Waals surface area contributed by atoms with Gasteiger partial charge < -0.3 is 4.57 Å². The molecule has 0 bridgehead atoms. The minimum Gasteiger partial charge on any atom is -0.309 e. The van der Waals surface area contributed by atoms with Gasteiger partial charge in [-0.3, -0.25) is 0 Å². The van der Waals surface area contributed by atoms with Gasteiger partial charge in [0, 0.05) is 22.0 Å². The normalized spacial score (nSPS) is 11.5. The molecule has 1 heterocycles. The Balaban J connectivity index is 1.49. The van der Waals surface area contributed by atoms with Gasteiger partial charge in [0.25, 0.3) is 0 Å². The van der Waals surface area contributed by atoms with Crippen molar-refractivity contribution in [3.8, 4) is 50.2 Å². The number of aromatic nitrogens is 1. The van der Waals surface area contributed by atoms with E-state index in [1.807, 2.05) is 0 Å². The van der Waals surface area contributed by atoms with Crippen LogP contribution in [0.2, 0.25) is 0 Å². The minimum absolute atomic E-state index is 1.15. The van der Waals surface area contributed by atoms with E-state index in [0.717, 1.165) is 5.69 Å². The zero-order valence-corrected chi connectivity index (χ0v) is 28.0. The third-order valence-electron chi connectivity index (χ3n) is 10.4. The van der Waals surface area contributed by atoms with E-state index < -0.39 is 0 Å². The van der Waals surface area contributed by atoms with Gasteiger partial charge in [-0.25, -0.2) is 0 Å². The lowest BCUT2D eigenvalue weighted by atomic mass is 9.79. The highest BCUT2D eigenvalue weighted by Crippen LogP contribution is 2.53. The third-order valence-corrected chi connectivity index (χ3v) is 10.4. The van der Waals surface area contributed by atoms with Gasteiger partial charge in [-0.1, -0.05) is 176 Å². The zero-order valence-electron chi connectivity index (χ0n) is 28.0. The fourth-order valence-electron chi connectivity index (χ4n) is 8.29. The first-order valence-corrected chi connectivity index (χ1v) is 17.6. The van der Waals surface area contributed by atoms with E-state index in [1.54, 1.807) is 0 Å². The van der Waals surface area contributed by atoms with Crippen LogP contribution in [0.5, 0.6) is 0 Å². The molecule has 1 aromatic heterocycles. The van der Waals surface area contributed by atoms with Gasteiger partial charge in [0.1, 0.15) is 0 Å². The topological polar surface area (TPSA) is 4.93 Å². The molecular weight excluding hydrogens is 615 g/mol. The second-order valence-corrected chi connectivity index (χ2v) is 13.2. The Morgan fingerprint density at radius 1 is 0.275 bits per heavy atom. The Morgan fingerprint density at radius 3 is 1.24 bits per heavy atom. The van der Waals surface area contributed by atoms with Crippen molar-refractivity contribution in [1.82, 2.24) is 4.57 Å². The summed E-state index contributed by atoms with van der Waals surface area (Å²) < 4.78 is 2.45. The highest BCUT2D eigenvalue weighted by molar-refractivity contribution is 6.28. The van der Waals surface area contributed by atoms with Gasteiger partial charge >= 0.3 is 0 Å². The smallest absolute Gasteiger partial charge is 0.0553 e. The summed E-state index contributed by atoms with van der Waals surface area (Å²) in [5.74, 6) is 0. The molecule has 9 aromatic carbocycles. The molecule has 1 heteroatoms. The summed E-state index contributed by atoms with van der Waals surface area (Å²) in [6.45, 7) is 0. The summed E-state index contributed by atoms with van der Waals surface area (Å²) in [5.41, 5.74) is 13.4. The van der Waals surface area contributed by atoms with E-state index in [9.17, 15) is 0 Å². The van der Waals surface area contributed by atoms with Crippen molar-refractivity contribution < 1.29 is 0 Å². The maximum Gasteiger partial charge on any atom is 0.0553 e. The summed E-state index contributed by atoms with van der Waals surface area (Å²) in [7, 11) is 0. The van der Waals surface area contributed by atoms with Crippen LogP contribution in [-0.4, -0.2) is 4.57 Å². The highest BCUT2D eigenvalue weighted by atomic mass is 15.0. The van der Waals surface area contributed by atoms with Crippen molar-refractivity contribution in [2.75, 3.05) is 0 Å². The molecule has 0 aliphatic rings. The standard InChI is InChI=1S/C50H33N/c1-5-19-34(20-6-1)43-33-45-49(42-31-17-18-32-44(42)51(45)37-25-11-4-12-26-37)47(36-23-9-3-10-24-36)50(43)48-40-29-15-13-27-38(40)46(35-21-7-2-8-22-35)39-28-14-16-30-41(39)48/h1-33H. The fraction of sp³-hybridized carbons (Fsp3) is 0. The molecular formula is C50H33N. The van der Waals surface area contributed by atoms with Crippen molar-refractivity contribution in [3.63, 3.8) is 0 Å². The predicted molar refractivity (Wildman–Crippen MR) is 218 cm³/mol. The van der Waals surface area contributed by atoms with Crippen LogP contribution in [0, 0.1) is 0 Å². The lowest BCUT2D eigenvalue weighted by molar-refractivity contribution is 1.18. The minimum atomic E-state index is 1.15. The van der Waals surface area contributed by atoms with Crippen molar-refractivity contribution in [3.05, 3.63) is 200 Å². The molecule has 0 saturated heterocycles. The average Bonchev–Trinajstić information content (AvgIpc) is 3.54. The van der Waals surface area contributed by atoms with Crippen molar-refractivity contribution in [2.45, 2.75) is 0 Å². The summed E-state index contributed by atoms with van der Waals surface area (Å²) >= 11 is 0. The molecule has 0 atom stereocenters. The number of benzene rings is 9. The van der Waals surface area contributed by atoms with E-state index in [2.05, 4.69) is 205 Å². The number of hydrogen-bond donors (Lipinski definition) is 0. The van der Waals surface area contributed by atoms with Gasteiger partial charge in [0.15, 0.2) is 0 Å². The SMILES string of the molecule is c1ccc(-c2cc3c(c(-c4ccccc4)c2-c2c4ccccc4c(-c4ccccc4)c4ccccc24)c2ccccc2n3-c2ccccc2)cc1. The fourth-order valence-corrected chi connectivity index (χ4v) is 8.29. The van der Waals surface area contributed by atoms with E-state index in [1.165, 1.54) is 87.9 Å². The maximum atomic E-state index is 2.45. The lowest BCUT2D eigenvalue weighted by Gasteiger charge is -2.23. The van der Waals surface area contributed by atoms with Crippen LogP contribution < -0.4 is 0 Å². The van der Waals surface area contributed by atoms with Crippen LogP contribution in [0.3, 0.4) is 0 Å². The quantitative estimate of drug-likeness (QED) is 0.164. The zero-order chi connectivity index (χ0) is 33.7. The maximum absolute atomic E-state index is 2.45. The van der Waals surface area contributed by atoms with Gasteiger partial charge in [0.05, 0.1) is 11.0 Å². The van der Waals surface area contributed by atoms with Crippen LogP contribution in [0.1, 0.15) is 0 Å². The number of rotatable bonds is 5. The van der Waals surface area contributed by atoms with Crippen LogP contribution >= 0.6 is 0 Å². The van der Waals surface area contributed by atoms with Crippen LogP contribution in [-0.2, 0) is 0 Å². The molecule has 0 fully saturated rings. The van der Waals surface area contributed by atoms with Crippen LogP contribution in [0.4, 0.5) is 0 Å². The highest BCUT2D eigenvalue weighted by Gasteiger charge is 2.27. The molecule has 238 valence electrons. The Bertz CT molecular complexity index is 2810. The van der Waals surface area contributed by atoms with Gasteiger partial charge in [-0.05, 0) is 84.8 Å². The van der Waals surface area contributed by atoms with E-state index >= 15 is 0 Å². The second kappa shape index (κ2) is 12.0.